The Kier molecular flexibility index (Phi) is 3.42. The molecule has 1 rings (SSSR count). The largest absolute Gasteiger partial charge is 0.330 e. The minimum absolute atomic E-state index is 0.480. The smallest absolute Gasteiger partial charge is 0.133 e. The number of hydrogen-bond donors (Lipinski definition) is 1. The Labute approximate surface area is 79.2 Å². The SMILES string of the molecule is CCn1c(C)nnc1CC(C)CN. The Morgan fingerprint density at radius 2 is 2.15 bits per heavy atom. The van der Waals surface area contributed by atoms with Crippen LogP contribution < -0.4 is 5.73 Å². The van der Waals surface area contributed by atoms with E-state index in [1.807, 2.05) is 6.92 Å². The second-order valence-corrected chi connectivity index (χ2v) is 3.45. The first-order chi connectivity index (χ1) is 6.19. The molecule has 0 amide bonds. The van der Waals surface area contributed by atoms with Gasteiger partial charge in [0, 0.05) is 13.0 Å². The maximum atomic E-state index is 5.56. The van der Waals surface area contributed by atoms with Crippen LogP contribution in [-0.4, -0.2) is 21.3 Å². The number of aromatic nitrogens is 3. The molecule has 1 unspecified atom stereocenters. The molecule has 4 heteroatoms. The standard InChI is InChI=1S/C9H18N4/c1-4-13-8(3)11-12-9(13)5-7(2)6-10/h7H,4-6,10H2,1-3H3. The van der Waals surface area contributed by atoms with Crippen molar-refractivity contribution in [3.8, 4) is 0 Å². The topological polar surface area (TPSA) is 56.7 Å². The Hall–Kier alpha value is -0.900. The van der Waals surface area contributed by atoms with E-state index in [2.05, 4.69) is 28.6 Å². The summed E-state index contributed by atoms with van der Waals surface area (Å²) >= 11 is 0. The zero-order valence-corrected chi connectivity index (χ0v) is 8.62. The van der Waals surface area contributed by atoms with E-state index in [0.29, 0.717) is 12.5 Å². The van der Waals surface area contributed by atoms with Crippen LogP contribution in [0.2, 0.25) is 0 Å². The average molecular weight is 182 g/mol. The first-order valence-corrected chi connectivity index (χ1v) is 4.77. The predicted octanol–water partition coefficient (Wildman–Crippen LogP) is 0.744. The fourth-order valence-electron chi connectivity index (χ4n) is 1.38. The molecule has 4 nitrogen and oxygen atoms in total. The van der Waals surface area contributed by atoms with Crippen LogP contribution in [0.1, 0.15) is 25.5 Å². The van der Waals surface area contributed by atoms with Gasteiger partial charge >= 0.3 is 0 Å². The van der Waals surface area contributed by atoms with Crippen LogP contribution in [0.25, 0.3) is 0 Å². The lowest BCUT2D eigenvalue weighted by molar-refractivity contribution is 0.546. The summed E-state index contributed by atoms with van der Waals surface area (Å²) in [5, 5.41) is 8.18. The summed E-state index contributed by atoms with van der Waals surface area (Å²) in [6.07, 6.45) is 0.922. The van der Waals surface area contributed by atoms with Crippen molar-refractivity contribution >= 4 is 0 Å². The molecule has 0 spiro atoms. The Morgan fingerprint density at radius 3 is 2.69 bits per heavy atom. The van der Waals surface area contributed by atoms with Gasteiger partial charge < -0.3 is 10.3 Å². The third kappa shape index (κ3) is 2.28. The van der Waals surface area contributed by atoms with E-state index in [1.165, 1.54) is 0 Å². The van der Waals surface area contributed by atoms with Gasteiger partial charge in [0.15, 0.2) is 0 Å². The minimum Gasteiger partial charge on any atom is -0.330 e. The summed E-state index contributed by atoms with van der Waals surface area (Å²) in [6, 6.07) is 0. The van der Waals surface area contributed by atoms with Crippen LogP contribution in [-0.2, 0) is 13.0 Å². The highest BCUT2D eigenvalue weighted by Gasteiger charge is 2.09. The van der Waals surface area contributed by atoms with Crippen LogP contribution in [0, 0.1) is 12.8 Å². The molecule has 0 radical (unpaired) electrons. The van der Waals surface area contributed by atoms with Gasteiger partial charge in [-0.2, -0.15) is 0 Å². The average Bonchev–Trinajstić information content (AvgIpc) is 2.46. The lowest BCUT2D eigenvalue weighted by atomic mass is 10.1. The summed E-state index contributed by atoms with van der Waals surface area (Å²) < 4.78 is 2.13. The van der Waals surface area contributed by atoms with Crippen molar-refractivity contribution in [1.82, 2.24) is 14.8 Å². The van der Waals surface area contributed by atoms with Gasteiger partial charge in [0.1, 0.15) is 11.6 Å². The second kappa shape index (κ2) is 4.37. The van der Waals surface area contributed by atoms with Crippen LogP contribution >= 0.6 is 0 Å². The van der Waals surface area contributed by atoms with E-state index in [4.69, 9.17) is 5.73 Å². The highest BCUT2D eigenvalue weighted by molar-refractivity contribution is 4.94. The first kappa shape index (κ1) is 10.2. The maximum Gasteiger partial charge on any atom is 0.133 e. The fourth-order valence-corrected chi connectivity index (χ4v) is 1.38. The van der Waals surface area contributed by atoms with E-state index in [1.54, 1.807) is 0 Å². The van der Waals surface area contributed by atoms with Crippen molar-refractivity contribution in [3.05, 3.63) is 11.6 Å². The van der Waals surface area contributed by atoms with Crippen molar-refractivity contribution in [2.45, 2.75) is 33.7 Å². The van der Waals surface area contributed by atoms with Gasteiger partial charge in [-0.3, -0.25) is 0 Å². The first-order valence-electron chi connectivity index (χ1n) is 4.77. The summed E-state index contributed by atoms with van der Waals surface area (Å²) in [4.78, 5) is 0. The van der Waals surface area contributed by atoms with Crippen molar-refractivity contribution in [2.75, 3.05) is 6.54 Å². The van der Waals surface area contributed by atoms with Gasteiger partial charge in [0.25, 0.3) is 0 Å². The molecule has 13 heavy (non-hydrogen) atoms. The lowest BCUT2D eigenvalue weighted by Gasteiger charge is -2.09. The highest BCUT2D eigenvalue weighted by Crippen LogP contribution is 2.06. The quantitative estimate of drug-likeness (QED) is 0.747. The maximum absolute atomic E-state index is 5.56. The number of nitrogens with zero attached hydrogens (tertiary/aromatic N) is 3. The second-order valence-electron chi connectivity index (χ2n) is 3.45. The fraction of sp³-hybridized carbons (Fsp3) is 0.778. The van der Waals surface area contributed by atoms with Gasteiger partial charge in [0.2, 0.25) is 0 Å². The van der Waals surface area contributed by atoms with Gasteiger partial charge in [-0.15, -0.1) is 10.2 Å². The van der Waals surface area contributed by atoms with Gasteiger partial charge in [0.05, 0.1) is 0 Å². The van der Waals surface area contributed by atoms with E-state index in [9.17, 15) is 0 Å². The van der Waals surface area contributed by atoms with Crippen molar-refractivity contribution < 1.29 is 0 Å². The summed E-state index contributed by atoms with van der Waals surface area (Å²) in [5.41, 5.74) is 5.56. The summed E-state index contributed by atoms with van der Waals surface area (Å²) in [6.45, 7) is 7.85. The monoisotopic (exact) mass is 182 g/mol. The summed E-state index contributed by atoms with van der Waals surface area (Å²) in [5.74, 6) is 2.52. The third-order valence-electron chi connectivity index (χ3n) is 2.26. The molecule has 0 bridgehead atoms. The molecule has 0 aromatic carbocycles. The minimum atomic E-state index is 0.480. The van der Waals surface area contributed by atoms with E-state index < -0.39 is 0 Å². The van der Waals surface area contributed by atoms with Crippen LogP contribution in [0.3, 0.4) is 0 Å². The van der Waals surface area contributed by atoms with Crippen LogP contribution in [0.5, 0.6) is 0 Å². The summed E-state index contributed by atoms with van der Waals surface area (Å²) in [7, 11) is 0. The van der Waals surface area contributed by atoms with Gasteiger partial charge in [-0.1, -0.05) is 6.92 Å². The predicted molar refractivity (Wildman–Crippen MR) is 52.4 cm³/mol. The molecule has 0 saturated heterocycles. The normalized spacial score (nSPS) is 13.2. The molecule has 0 aliphatic heterocycles. The lowest BCUT2D eigenvalue weighted by Crippen LogP contribution is -2.16. The van der Waals surface area contributed by atoms with E-state index in [-0.39, 0.29) is 0 Å². The molecule has 2 N–H and O–H groups in total. The Bertz CT molecular complexity index is 267. The van der Waals surface area contributed by atoms with Crippen molar-refractivity contribution in [1.29, 1.82) is 0 Å². The van der Waals surface area contributed by atoms with E-state index >= 15 is 0 Å². The van der Waals surface area contributed by atoms with Gasteiger partial charge in [-0.25, -0.2) is 0 Å². The van der Waals surface area contributed by atoms with Crippen molar-refractivity contribution in [2.24, 2.45) is 11.7 Å². The highest BCUT2D eigenvalue weighted by atomic mass is 15.3. The molecule has 0 aliphatic carbocycles. The molecule has 0 fully saturated rings. The molecule has 74 valence electrons. The molecule has 0 saturated carbocycles. The molecular weight excluding hydrogens is 164 g/mol. The molecule has 1 aromatic rings. The number of aryl methyl sites for hydroxylation is 1. The molecule has 1 heterocycles. The molecule has 1 atom stereocenters. The zero-order chi connectivity index (χ0) is 9.84. The Morgan fingerprint density at radius 1 is 1.46 bits per heavy atom. The van der Waals surface area contributed by atoms with Crippen LogP contribution in [0.15, 0.2) is 0 Å². The molecule has 0 aliphatic rings. The Balaban J connectivity index is 2.76. The molecular formula is C9H18N4. The number of nitrogens with two attached hydrogens (primary N) is 1. The van der Waals surface area contributed by atoms with Crippen LogP contribution in [0.4, 0.5) is 0 Å². The van der Waals surface area contributed by atoms with E-state index in [0.717, 1.165) is 24.6 Å². The number of rotatable bonds is 4. The van der Waals surface area contributed by atoms with Crippen molar-refractivity contribution in [3.63, 3.8) is 0 Å². The molecule has 1 aromatic heterocycles. The third-order valence-corrected chi connectivity index (χ3v) is 2.26. The number of hydrogen-bond acceptors (Lipinski definition) is 3. The zero-order valence-electron chi connectivity index (χ0n) is 8.62. The van der Waals surface area contributed by atoms with Gasteiger partial charge in [-0.05, 0) is 26.3 Å².